The minimum absolute atomic E-state index is 0.0478. The van der Waals surface area contributed by atoms with Gasteiger partial charge in [-0.05, 0) is 36.8 Å². The van der Waals surface area contributed by atoms with Crippen LogP contribution in [0.3, 0.4) is 0 Å². The molecule has 2 aromatic rings. The molecule has 2 N–H and O–H groups in total. The molecule has 0 heterocycles. The SMILES string of the molecule is CCO[C@H](C(=O)NCc1ccc(C#N)cc1)c1c(F)ccc(C=NO)c1F. The van der Waals surface area contributed by atoms with E-state index in [2.05, 4.69) is 10.5 Å². The van der Waals surface area contributed by atoms with Gasteiger partial charge in [-0.1, -0.05) is 17.3 Å². The van der Waals surface area contributed by atoms with E-state index in [9.17, 15) is 13.6 Å². The van der Waals surface area contributed by atoms with Gasteiger partial charge < -0.3 is 15.3 Å². The molecule has 0 aliphatic rings. The quantitative estimate of drug-likeness (QED) is 0.443. The molecule has 1 atom stereocenters. The van der Waals surface area contributed by atoms with Crippen LogP contribution in [0.1, 0.15) is 35.3 Å². The first-order valence-electron chi connectivity index (χ1n) is 8.05. The Morgan fingerprint density at radius 3 is 2.63 bits per heavy atom. The molecule has 8 heteroatoms. The highest BCUT2D eigenvalue weighted by molar-refractivity contribution is 5.84. The maximum absolute atomic E-state index is 14.6. The van der Waals surface area contributed by atoms with Crippen LogP contribution in [-0.2, 0) is 16.1 Å². The number of rotatable bonds is 7. The second kappa shape index (κ2) is 9.40. The molecule has 0 radical (unpaired) electrons. The molecule has 0 aromatic heterocycles. The molecule has 140 valence electrons. The lowest BCUT2D eigenvalue weighted by molar-refractivity contribution is -0.133. The summed E-state index contributed by atoms with van der Waals surface area (Å²) in [6.07, 6.45) is -0.712. The van der Waals surface area contributed by atoms with Crippen molar-refractivity contribution in [2.45, 2.75) is 19.6 Å². The van der Waals surface area contributed by atoms with Crippen molar-refractivity contribution < 1.29 is 23.5 Å². The highest BCUT2D eigenvalue weighted by atomic mass is 19.1. The Kier molecular flexibility index (Phi) is 6.97. The smallest absolute Gasteiger partial charge is 0.254 e. The van der Waals surface area contributed by atoms with Gasteiger partial charge in [-0.25, -0.2) is 8.78 Å². The van der Waals surface area contributed by atoms with Gasteiger partial charge in [-0.2, -0.15) is 5.26 Å². The van der Waals surface area contributed by atoms with Crippen molar-refractivity contribution in [3.8, 4) is 6.07 Å². The van der Waals surface area contributed by atoms with Crippen LogP contribution >= 0.6 is 0 Å². The van der Waals surface area contributed by atoms with E-state index >= 15 is 0 Å². The fourth-order valence-electron chi connectivity index (χ4n) is 2.42. The van der Waals surface area contributed by atoms with E-state index in [1.165, 1.54) is 0 Å². The largest absolute Gasteiger partial charge is 0.411 e. The van der Waals surface area contributed by atoms with Crippen LogP contribution in [0.15, 0.2) is 41.6 Å². The van der Waals surface area contributed by atoms with Gasteiger partial charge in [-0.3, -0.25) is 4.79 Å². The molecule has 2 rings (SSSR count). The molecule has 0 fully saturated rings. The van der Waals surface area contributed by atoms with Gasteiger partial charge in [0.15, 0.2) is 6.10 Å². The zero-order valence-electron chi connectivity index (χ0n) is 14.4. The van der Waals surface area contributed by atoms with E-state index in [1.807, 2.05) is 6.07 Å². The summed E-state index contributed by atoms with van der Waals surface area (Å²) in [5.74, 6) is -2.72. The normalized spacial score (nSPS) is 11.9. The number of halogens is 2. The minimum Gasteiger partial charge on any atom is -0.411 e. The Morgan fingerprint density at radius 1 is 1.33 bits per heavy atom. The summed E-state index contributed by atoms with van der Waals surface area (Å²) >= 11 is 0. The summed E-state index contributed by atoms with van der Waals surface area (Å²) in [5, 5.41) is 22.7. The average Bonchev–Trinajstić information content (AvgIpc) is 2.68. The van der Waals surface area contributed by atoms with Crippen LogP contribution in [0.4, 0.5) is 8.78 Å². The molecule has 6 nitrogen and oxygen atoms in total. The number of nitrogens with zero attached hydrogens (tertiary/aromatic N) is 2. The van der Waals surface area contributed by atoms with E-state index in [4.69, 9.17) is 15.2 Å². The zero-order chi connectivity index (χ0) is 19.8. The van der Waals surface area contributed by atoms with Crippen molar-refractivity contribution in [1.82, 2.24) is 5.32 Å². The van der Waals surface area contributed by atoms with Crippen LogP contribution in [0.2, 0.25) is 0 Å². The molecule has 0 aliphatic heterocycles. The van der Waals surface area contributed by atoms with Crippen LogP contribution in [0.5, 0.6) is 0 Å². The van der Waals surface area contributed by atoms with E-state index in [-0.39, 0.29) is 18.7 Å². The van der Waals surface area contributed by atoms with Gasteiger partial charge in [0.25, 0.3) is 5.91 Å². The van der Waals surface area contributed by atoms with Crippen molar-refractivity contribution in [1.29, 1.82) is 5.26 Å². The lowest BCUT2D eigenvalue weighted by Crippen LogP contribution is -2.32. The summed E-state index contributed by atoms with van der Waals surface area (Å²) in [4.78, 5) is 12.5. The Hall–Kier alpha value is -3.31. The lowest BCUT2D eigenvalue weighted by Gasteiger charge is -2.19. The van der Waals surface area contributed by atoms with Crippen LogP contribution in [0, 0.1) is 23.0 Å². The lowest BCUT2D eigenvalue weighted by atomic mass is 10.0. The molecule has 0 spiro atoms. The predicted molar refractivity (Wildman–Crippen MR) is 93.1 cm³/mol. The van der Waals surface area contributed by atoms with Crippen molar-refractivity contribution in [2.24, 2.45) is 5.16 Å². The fourth-order valence-corrected chi connectivity index (χ4v) is 2.42. The van der Waals surface area contributed by atoms with Gasteiger partial charge in [-0.15, -0.1) is 0 Å². The molecule has 27 heavy (non-hydrogen) atoms. The summed E-state index contributed by atoms with van der Waals surface area (Å²) in [5.41, 5.74) is 0.438. The van der Waals surface area contributed by atoms with Crippen molar-refractivity contribution in [2.75, 3.05) is 6.61 Å². The number of amides is 1. The molecule has 0 unspecified atom stereocenters. The summed E-state index contributed by atoms with van der Waals surface area (Å²) < 4.78 is 34.0. The molecule has 0 aliphatic carbocycles. The first-order chi connectivity index (χ1) is 13.0. The Labute approximate surface area is 154 Å². The van der Waals surface area contributed by atoms with Crippen LogP contribution in [0.25, 0.3) is 0 Å². The third kappa shape index (κ3) is 4.86. The van der Waals surface area contributed by atoms with E-state index < -0.39 is 29.2 Å². The van der Waals surface area contributed by atoms with Crippen molar-refractivity contribution >= 4 is 12.1 Å². The molecular weight excluding hydrogens is 356 g/mol. The van der Waals surface area contributed by atoms with Gasteiger partial charge in [0.05, 0.1) is 23.4 Å². The number of oxime groups is 1. The van der Waals surface area contributed by atoms with Crippen LogP contribution in [-0.4, -0.2) is 23.9 Å². The molecule has 1 amide bonds. The third-order valence-corrected chi connectivity index (χ3v) is 3.74. The highest BCUT2D eigenvalue weighted by Gasteiger charge is 2.28. The van der Waals surface area contributed by atoms with Gasteiger partial charge >= 0.3 is 0 Å². The summed E-state index contributed by atoms with van der Waals surface area (Å²) in [7, 11) is 0. The maximum atomic E-state index is 14.6. The molecular formula is C19H17F2N3O3. The van der Waals surface area contributed by atoms with Gasteiger partial charge in [0.2, 0.25) is 0 Å². The van der Waals surface area contributed by atoms with E-state index in [1.54, 1.807) is 31.2 Å². The minimum atomic E-state index is -1.51. The van der Waals surface area contributed by atoms with Crippen molar-refractivity contribution in [3.63, 3.8) is 0 Å². The van der Waals surface area contributed by atoms with Crippen LogP contribution < -0.4 is 5.32 Å². The molecule has 0 bridgehead atoms. The highest BCUT2D eigenvalue weighted by Crippen LogP contribution is 2.26. The monoisotopic (exact) mass is 373 g/mol. The Morgan fingerprint density at radius 2 is 2.04 bits per heavy atom. The fraction of sp³-hybridized carbons (Fsp3) is 0.211. The first-order valence-corrected chi connectivity index (χ1v) is 8.05. The predicted octanol–water partition coefficient (Wildman–Crippen LogP) is 3.04. The zero-order valence-corrected chi connectivity index (χ0v) is 14.4. The van der Waals surface area contributed by atoms with E-state index in [0.29, 0.717) is 11.1 Å². The average molecular weight is 373 g/mol. The third-order valence-electron chi connectivity index (χ3n) is 3.74. The number of carbonyl (C=O) groups excluding carboxylic acids is 1. The first kappa shape index (κ1) is 20.0. The molecule has 2 aromatic carbocycles. The Balaban J connectivity index is 2.24. The van der Waals surface area contributed by atoms with Crippen molar-refractivity contribution in [3.05, 3.63) is 70.3 Å². The molecule has 0 saturated carbocycles. The standard InChI is InChI=1S/C19H17F2N3O3/c1-2-27-18(16-15(20)8-7-14(11-24-26)17(16)21)19(25)23-10-13-5-3-12(9-22)4-6-13/h3-8,11,18,26H,2,10H2,1H3,(H,23,25)/t18-/m0/s1. The number of carbonyl (C=O) groups is 1. The molecule has 0 saturated heterocycles. The number of nitrogens with one attached hydrogen (secondary N) is 1. The second-order valence-electron chi connectivity index (χ2n) is 5.47. The summed E-state index contributed by atoms with van der Waals surface area (Å²) in [6.45, 7) is 1.73. The van der Waals surface area contributed by atoms with E-state index in [0.717, 1.165) is 18.3 Å². The van der Waals surface area contributed by atoms with Gasteiger partial charge in [0.1, 0.15) is 11.6 Å². The number of hydrogen-bond acceptors (Lipinski definition) is 5. The Bertz CT molecular complexity index is 877. The second-order valence-corrected chi connectivity index (χ2v) is 5.47. The number of benzene rings is 2. The number of hydrogen-bond donors (Lipinski definition) is 2. The summed E-state index contributed by atoms with van der Waals surface area (Å²) in [6, 6.07) is 10.6. The topological polar surface area (TPSA) is 94.7 Å². The van der Waals surface area contributed by atoms with Gasteiger partial charge in [0, 0.05) is 18.7 Å². The number of nitriles is 1. The maximum Gasteiger partial charge on any atom is 0.254 e. The number of ether oxygens (including phenoxy) is 1.